The minimum absolute atomic E-state index is 0.299. The van der Waals surface area contributed by atoms with Crippen molar-refractivity contribution in [1.29, 1.82) is 0 Å². The number of phenols is 1. The van der Waals surface area contributed by atoms with Crippen LogP contribution in [0.3, 0.4) is 0 Å². The van der Waals surface area contributed by atoms with Crippen molar-refractivity contribution in [3.8, 4) is 5.75 Å². The highest BCUT2D eigenvalue weighted by molar-refractivity contribution is 5.38. The van der Waals surface area contributed by atoms with Crippen LogP contribution in [0.4, 0.5) is 0 Å². The van der Waals surface area contributed by atoms with Gasteiger partial charge >= 0.3 is 0 Å². The van der Waals surface area contributed by atoms with Crippen molar-refractivity contribution >= 4 is 0 Å². The van der Waals surface area contributed by atoms with Crippen molar-refractivity contribution in [1.82, 2.24) is 5.32 Å². The molecule has 2 aliphatic rings. The number of aryl methyl sites for hydroxylation is 1. The molecule has 0 saturated carbocycles. The van der Waals surface area contributed by atoms with Crippen LogP contribution in [-0.4, -0.2) is 23.9 Å². The molecular formula is C15H21NO2. The predicted octanol–water partition coefficient (Wildman–Crippen LogP) is 2.54. The molecule has 2 N–H and O–H groups in total. The van der Waals surface area contributed by atoms with Gasteiger partial charge in [0.1, 0.15) is 5.75 Å². The lowest BCUT2D eigenvalue weighted by Gasteiger charge is -2.30. The number of fused-ring (bicyclic) bond motifs is 1. The van der Waals surface area contributed by atoms with Gasteiger partial charge in [-0.3, -0.25) is 0 Å². The first-order valence-electron chi connectivity index (χ1n) is 6.93. The third kappa shape index (κ3) is 2.25. The molecule has 98 valence electrons. The van der Waals surface area contributed by atoms with E-state index in [1.807, 2.05) is 6.07 Å². The van der Waals surface area contributed by atoms with E-state index in [0.29, 0.717) is 23.9 Å². The number of ether oxygens (including phenoxy) is 1. The van der Waals surface area contributed by atoms with Crippen molar-refractivity contribution in [3.05, 3.63) is 29.3 Å². The summed E-state index contributed by atoms with van der Waals surface area (Å²) in [6.07, 6.45) is 4.89. The van der Waals surface area contributed by atoms with E-state index in [1.165, 1.54) is 17.5 Å². The SMILES string of the molecule is CC1OCCC1NC1CCCc2ccc(O)cc21. The second kappa shape index (κ2) is 4.90. The van der Waals surface area contributed by atoms with Crippen LogP contribution in [0.1, 0.15) is 43.4 Å². The lowest BCUT2D eigenvalue weighted by molar-refractivity contribution is 0.110. The number of aromatic hydroxyl groups is 1. The van der Waals surface area contributed by atoms with Gasteiger partial charge in [0.25, 0.3) is 0 Å². The van der Waals surface area contributed by atoms with Gasteiger partial charge in [0.15, 0.2) is 0 Å². The summed E-state index contributed by atoms with van der Waals surface area (Å²) in [6.45, 7) is 3.00. The smallest absolute Gasteiger partial charge is 0.115 e. The van der Waals surface area contributed by atoms with Crippen LogP contribution >= 0.6 is 0 Å². The van der Waals surface area contributed by atoms with Crippen LogP contribution in [-0.2, 0) is 11.2 Å². The average molecular weight is 247 g/mol. The molecule has 1 heterocycles. The van der Waals surface area contributed by atoms with Gasteiger partial charge in [-0.1, -0.05) is 6.07 Å². The Balaban J connectivity index is 1.80. The Labute approximate surface area is 108 Å². The molecule has 3 unspecified atom stereocenters. The summed E-state index contributed by atoms with van der Waals surface area (Å²) in [6, 6.07) is 6.60. The number of hydrogen-bond donors (Lipinski definition) is 2. The van der Waals surface area contributed by atoms with Gasteiger partial charge in [-0.25, -0.2) is 0 Å². The molecule has 1 aromatic rings. The Morgan fingerprint density at radius 1 is 1.33 bits per heavy atom. The molecule has 1 aromatic carbocycles. The summed E-state index contributed by atoms with van der Waals surface area (Å²) in [4.78, 5) is 0. The topological polar surface area (TPSA) is 41.5 Å². The van der Waals surface area contributed by atoms with Crippen LogP contribution in [0.25, 0.3) is 0 Å². The van der Waals surface area contributed by atoms with E-state index in [1.54, 1.807) is 6.07 Å². The zero-order valence-corrected chi connectivity index (χ0v) is 10.9. The fraction of sp³-hybridized carbons (Fsp3) is 0.600. The number of hydrogen-bond acceptors (Lipinski definition) is 3. The summed E-state index contributed by atoms with van der Waals surface area (Å²) >= 11 is 0. The van der Waals surface area contributed by atoms with Gasteiger partial charge in [0.05, 0.1) is 6.10 Å². The molecule has 0 bridgehead atoms. The van der Waals surface area contributed by atoms with Crippen molar-refractivity contribution in [2.45, 2.75) is 50.8 Å². The second-order valence-corrected chi connectivity index (χ2v) is 5.47. The summed E-state index contributed by atoms with van der Waals surface area (Å²) < 4.78 is 5.61. The molecule has 0 aromatic heterocycles. The van der Waals surface area contributed by atoms with Crippen LogP contribution in [0.5, 0.6) is 5.75 Å². The Hall–Kier alpha value is -1.06. The number of nitrogens with one attached hydrogen (secondary N) is 1. The van der Waals surface area contributed by atoms with Crippen molar-refractivity contribution < 1.29 is 9.84 Å². The number of phenolic OH excluding ortho intramolecular Hbond substituents is 1. The van der Waals surface area contributed by atoms with Crippen molar-refractivity contribution in [3.63, 3.8) is 0 Å². The standard InChI is InChI=1S/C15H21NO2/c1-10-14(7-8-18-10)16-15-4-2-3-11-5-6-12(17)9-13(11)15/h5-6,9-10,14-17H,2-4,7-8H2,1H3. The van der Waals surface area contributed by atoms with Gasteiger partial charge < -0.3 is 15.2 Å². The van der Waals surface area contributed by atoms with Gasteiger partial charge in [-0.2, -0.15) is 0 Å². The molecule has 1 aliphatic heterocycles. The lowest BCUT2D eigenvalue weighted by atomic mass is 9.87. The molecule has 1 fully saturated rings. The van der Waals surface area contributed by atoms with E-state index >= 15 is 0 Å². The molecule has 18 heavy (non-hydrogen) atoms. The largest absolute Gasteiger partial charge is 0.508 e. The zero-order valence-electron chi connectivity index (χ0n) is 10.9. The maximum absolute atomic E-state index is 9.67. The maximum Gasteiger partial charge on any atom is 0.115 e. The Kier molecular flexibility index (Phi) is 3.27. The zero-order chi connectivity index (χ0) is 12.5. The fourth-order valence-corrected chi connectivity index (χ4v) is 3.17. The highest BCUT2D eigenvalue weighted by atomic mass is 16.5. The normalized spacial score (nSPS) is 31.3. The minimum Gasteiger partial charge on any atom is -0.508 e. The summed E-state index contributed by atoms with van der Waals surface area (Å²) in [7, 11) is 0. The lowest BCUT2D eigenvalue weighted by Crippen LogP contribution is -2.38. The van der Waals surface area contributed by atoms with Gasteiger partial charge in [-0.05, 0) is 55.9 Å². The van der Waals surface area contributed by atoms with Crippen LogP contribution in [0, 0.1) is 0 Å². The van der Waals surface area contributed by atoms with Crippen LogP contribution in [0.15, 0.2) is 18.2 Å². The molecular weight excluding hydrogens is 226 g/mol. The van der Waals surface area contributed by atoms with E-state index < -0.39 is 0 Å². The quantitative estimate of drug-likeness (QED) is 0.844. The van der Waals surface area contributed by atoms with Crippen molar-refractivity contribution in [2.75, 3.05) is 6.61 Å². The average Bonchev–Trinajstić information content (AvgIpc) is 2.76. The molecule has 1 saturated heterocycles. The summed E-state index contributed by atoms with van der Waals surface area (Å²) in [5.74, 6) is 0.373. The molecule has 3 atom stereocenters. The van der Waals surface area contributed by atoms with E-state index in [2.05, 4.69) is 18.3 Å². The van der Waals surface area contributed by atoms with Gasteiger partial charge in [0.2, 0.25) is 0 Å². The molecule has 3 heteroatoms. The summed E-state index contributed by atoms with van der Waals surface area (Å²) in [5.41, 5.74) is 2.66. The molecule has 0 spiro atoms. The molecule has 1 aliphatic carbocycles. The van der Waals surface area contributed by atoms with Crippen LogP contribution in [0.2, 0.25) is 0 Å². The van der Waals surface area contributed by atoms with Crippen LogP contribution < -0.4 is 5.32 Å². The maximum atomic E-state index is 9.67. The Morgan fingerprint density at radius 3 is 3.00 bits per heavy atom. The summed E-state index contributed by atoms with van der Waals surface area (Å²) in [5, 5.41) is 13.4. The minimum atomic E-state index is 0.299. The third-order valence-corrected chi connectivity index (χ3v) is 4.24. The van der Waals surface area contributed by atoms with Gasteiger partial charge in [-0.15, -0.1) is 0 Å². The van der Waals surface area contributed by atoms with E-state index in [9.17, 15) is 5.11 Å². The number of benzene rings is 1. The second-order valence-electron chi connectivity index (χ2n) is 5.47. The first kappa shape index (κ1) is 12.0. The monoisotopic (exact) mass is 247 g/mol. The van der Waals surface area contributed by atoms with E-state index in [-0.39, 0.29) is 0 Å². The first-order chi connectivity index (χ1) is 8.74. The fourth-order valence-electron chi connectivity index (χ4n) is 3.17. The predicted molar refractivity (Wildman–Crippen MR) is 70.7 cm³/mol. The molecule has 3 nitrogen and oxygen atoms in total. The van der Waals surface area contributed by atoms with E-state index in [4.69, 9.17) is 4.74 Å². The van der Waals surface area contributed by atoms with E-state index in [0.717, 1.165) is 25.9 Å². The molecule has 3 rings (SSSR count). The highest BCUT2D eigenvalue weighted by Crippen LogP contribution is 2.33. The molecule has 0 amide bonds. The third-order valence-electron chi connectivity index (χ3n) is 4.24. The van der Waals surface area contributed by atoms with Gasteiger partial charge in [0, 0.05) is 18.7 Å². The number of rotatable bonds is 2. The highest BCUT2D eigenvalue weighted by Gasteiger charge is 2.29. The molecule has 0 radical (unpaired) electrons. The van der Waals surface area contributed by atoms with Crippen molar-refractivity contribution in [2.24, 2.45) is 0 Å². The Morgan fingerprint density at radius 2 is 2.22 bits per heavy atom. The first-order valence-corrected chi connectivity index (χ1v) is 6.93. The Bertz CT molecular complexity index is 433.